The lowest BCUT2D eigenvalue weighted by Gasteiger charge is -2.29. The molecular formula is C25H19F4N5O3S. The van der Waals surface area contributed by atoms with Gasteiger partial charge in [-0.3, -0.25) is 9.78 Å². The minimum Gasteiger partial charge on any atom is -0.461 e. The number of pyridine rings is 1. The van der Waals surface area contributed by atoms with Gasteiger partial charge in [0.2, 0.25) is 0 Å². The number of amides is 1. The van der Waals surface area contributed by atoms with E-state index in [2.05, 4.69) is 20.7 Å². The molecule has 4 heterocycles. The van der Waals surface area contributed by atoms with Gasteiger partial charge in [-0.2, -0.15) is 18.3 Å². The molecule has 3 aromatic heterocycles. The first-order valence-corrected chi connectivity index (χ1v) is 12.1. The highest BCUT2D eigenvalue weighted by atomic mass is 32.1. The summed E-state index contributed by atoms with van der Waals surface area (Å²) in [6.45, 7) is 3.31. The molecule has 0 saturated carbocycles. The van der Waals surface area contributed by atoms with Crippen LogP contribution in [0.1, 0.15) is 41.5 Å². The number of fused-ring (bicyclic) bond motifs is 2. The van der Waals surface area contributed by atoms with E-state index in [-0.39, 0.29) is 29.3 Å². The Kier molecular flexibility index (Phi) is 6.39. The number of nitrogens with zero attached hydrogens (tertiary/aromatic N) is 3. The summed E-state index contributed by atoms with van der Waals surface area (Å²) in [5.41, 5.74) is -1.07. The first kappa shape index (κ1) is 25.4. The van der Waals surface area contributed by atoms with Crippen LogP contribution in [0.3, 0.4) is 0 Å². The molecule has 1 unspecified atom stereocenters. The van der Waals surface area contributed by atoms with E-state index in [1.54, 1.807) is 38.4 Å². The lowest BCUT2D eigenvalue weighted by molar-refractivity contribution is -0.140. The smallest absolute Gasteiger partial charge is 0.419 e. The zero-order valence-corrected chi connectivity index (χ0v) is 20.7. The Balaban J connectivity index is 1.59. The number of aromatic nitrogens is 3. The van der Waals surface area contributed by atoms with Gasteiger partial charge in [0.05, 0.1) is 22.7 Å². The van der Waals surface area contributed by atoms with E-state index in [0.717, 1.165) is 22.2 Å². The summed E-state index contributed by atoms with van der Waals surface area (Å²) < 4.78 is 61.5. The van der Waals surface area contributed by atoms with Gasteiger partial charge in [0.25, 0.3) is 5.91 Å². The second-order valence-electron chi connectivity index (χ2n) is 8.36. The highest BCUT2D eigenvalue weighted by molar-refractivity contribution is 7.22. The fourth-order valence-corrected chi connectivity index (χ4v) is 5.16. The molecule has 196 valence electrons. The van der Waals surface area contributed by atoms with Crippen LogP contribution in [0.25, 0.3) is 10.1 Å². The zero-order chi connectivity index (χ0) is 27.2. The molecule has 38 heavy (non-hydrogen) atoms. The number of ether oxygens (including phenoxy) is 1. The third kappa shape index (κ3) is 4.60. The number of hydrogen-bond acceptors (Lipinski definition) is 7. The van der Waals surface area contributed by atoms with Crippen LogP contribution in [0, 0.1) is 5.82 Å². The van der Waals surface area contributed by atoms with Crippen molar-refractivity contribution < 1.29 is 31.9 Å². The minimum absolute atomic E-state index is 0.0294. The molecule has 0 radical (unpaired) electrons. The number of thiophene rings is 1. The van der Waals surface area contributed by atoms with Crippen LogP contribution in [0.15, 0.2) is 60.1 Å². The second kappa shape index (κ2) is 9.56. The van der Waals surface area contributed by atoms with Crippen LogP contribution < -0.4 is 10.6 Å². The fourth-order valence-electron chi connectivity index (χ4n) is 4.24. The summed E-state index contributed by atoms with van der Waals surface area (Å²) in [4.78, 5) is 30.0. The molecule has 1 aliphatic rings. The molecule has 2 N–H and O–H groups in total. The molecule has 1 atom stereocenters. The number of benzene rings is 1. The number of hydrogen-bond donors (Lipinski definition) is 2. The molecule has 13 heteroatoms. The lowest BCUT2D eigenvalue weighted by Crippen LogP contribution is -2.31. The second-order valence-corrected chi connectivity index (χ2v) is 9.45. The van der Waals surface area contributed by atoms with Gasteiger partial charge in [0.15, 0.2) is 5.69 Å². The lowest BCUT2D eigenvalue weighted by atomic mass is 9.94. The number of allylic oxidation sites excluding steroid dienone is 1. The molecule has 0 spiro atoms. The predicted molar refractivity (Wildman–Crippen MR) is 132 cm³/mol. The van der Waals surface area contributed by atoms with Gasteiger partial charge in [-0.25, -0.2) is 13.9 Å². The first-order valence-electron chi connectivity index (χ1n) is 11.3. The van der Waals surface area contributed by atoms with Crippen molar-refractivity contribution in [2.24, 2.45) is 0 Å². The fraction of sp³-hybridized carbons (Fsp3) is 0.200. The zero-order valence-electron chi connectivity index (χ0n) is 19.9. The van der Waals surface area contributed by atoms with Crippen molar-refractivity contribution in [1.29, 1.82) is 0 Å². The number of alkyl halides is 3. The summed E-state index contributed by atoms with van der Waals surface area (Å²) in [6.07, 6.45) is -1.63. The minimum atomic E-state index is -4.90. The van der Waals surface area contributed by atoms with E-state index in [9.17, 15) is 27.2 Å². The molecule has 1 amide bonds. The maximum atomic E-state index is 14.6. The van der Waals surface area contributed by atoms with E-state index >= 15 is 0 Å². The molecule has 4 aromatic rings. The van der Waals surface area contributed by atoms with Crippen molar-refractivity contribution in [3.05, 3.63) is 82.7 Å². The Bertz CT molecular complexity index is 1580. The van der Waals surface area contributed by atoms with Crippen LogP contribution >= 0.6 is 11.3 Å². The average molecular weight is 546 g/mol. The standard InChI is InChI=1S/C25H19F4N5O3S/c1-3-37-24(36)17-10-19-31-12(2)21(23(35)32-20-9-14-11-30-7-6-18(14)38-20)22(34(19)33-17)13-4-5-15(16(26)8-13)25(27,28)29/h4-11,22,31H,3H2,1-2H3,(H,32,35). The highest BCUT2D eigenvalue weighted by Gasteiger charge is 2.38. The number of halogens is 4. The van der Waals surface area contributed by atoms with Gasteiger partial charge < -0.3 is 15.4 Å². The Labute approximate surface area is 216 Å². The molecule has 1 aliphatic heterocycles. The SMILES string of the molecule is CCOC(=O)c1cc2n(n1)C(c1ccc(C(F)(F)F)c(F)c1)C(C(=O)Nc1cc3cnccc3s1)=C(C)N2. The van der Waals surface area contributed by atoms with Gasteiger partial charge >= 0.3 is 12.1 Å². The summed E-state index contributed by atoms with van der Waals surface area (Å²) in [7, 11) is 0. The number of carbonyl (C=O) groups is 2. The van der Waals surface area contributed by atoms with Crippen LogP contribution in [0.4, 0.5) is 28.4 Å². The molecule has 8 nitrogen and oxygen atoms in total. The Morgan fingerprint density at radius 2 is 2.00 bits per heavy atom. The monoisotopic (exact) mass is 545 g/mol. The largest absolute Gasteiger partial charge is 0.461 e. The van der Waals surface area contributed by atoms with Crippen molar-refractivity contribution in [2.45, 2.75) is 26.1 Å². The number of carbonyl (C=O) groups excluding carboxylic acids is 2. The number of esters is 1. The van der Waals surface area contributed by atoms with Gasteiger partial charge in [0, 0.05) is 34.2 Å². The van der Waals surface area contributed by atoms with E-state index in [1.807, 2.05) is 0 Å². The van der Waals surface area contributed by atoms with Crippen LogP contribution in [-0.4, -0.2) is 33.2 Å². The Morgan fingerprint density at radius 3 is 2.68 bits per heavy atom. The normalized spacial score (nSPS) is 15.3. The van der Waals surface area contributed by atoms with Crippen molar-refractivity contribution in [1.82, 2.24) is 14.8 Å². The number of nitrogens with one attached hydrogen (secondary N) is 2. The molecular weight excluding hydrogens is 526 g/mol. The van der Waals surface area contributed by atoms with E-state index in [4.69, 9.17) is 4.74 Å². The van der Waals surface area contributed by atoms with Crippen molar-refractivity contribution in [3.8, 4) is 0 Å². The maximum absolute atomic E-state index is 14.6. The van der Waals surface area contributed by atoms with Gasteiger partial charge in [-0.05, 0) is 43.7 Å². The third-order valence-corrected chi connectivity index (χ3v) is 6.90. The Morgan fingerprint density at radius 1 is 1.21 bits per heavy atom. The van der Waals surface area contributed by atoms with Gasteiger partial charge in [-0.15, -0.1) is 11.3 Å². The van der Waals surface area contributed by atoms with Crippen LogP contribution in [-0.2, 0) is 15.7 Å². The molecule has 0 bridgehead atoms. The van der Waals surface area contributed by atoms with Crippen molar-refractivity contribution in [2.75, 3.05) is 17.2 Å². The van der Waals surface area contributed by atoms with Crippen molar-refractivity contribution in [3.63, 3.8) is 0 Å². The quantitative estimate of drug-likeness (QED) is 0.245. The average Bonchev–Trinajstić information content (AvgIpc) is 3.45. The molecule has 0 saturated heterocycles. The highest BCUT2D eigenvalue weighted by Crippen LogP contribution is 2.40. The molecule has 0 fully saturated rings. The van der Waals surface area contributed by atoms with E-state index in [0.29, 0.717) is 16.8 Å². The van der Waals surface area contributed by atoms with Crippen LogP contribution in [0.5, 0.6) is 0 Å². The van der Waals surface area contributed by atoms with Crippen molar-refractivity contribution >= 4 is 44.1 Å². The number of rotatable bonds is 5. The van der Waals surface area contributed by atoms with Gasteiger partial charge in [-0.1, -0.05) is 6.07 Å². The van der Waals surface area contributed by atoms with E-state index < -0.39 is 35.5 Å². The van der Waals surface area contributed by atoms with Gasteiger partial charge in [0.1, 0.15) is 17.7 Å². The topological polar surface area (TPSA) is 98.1 Å². The summed E-state index contributed by atoms with van der Waals surface area (Å²) in [6, 6.07) is 6.20. The van der Waals surface area contributed by atoms with E-state index in [1.165, 1.54) is 22.1 Å². The molecule has 0 aliphatic carbocycles. The summed E-state index contributed by atoms with van der Waals surface area (Å²) in [5.74, 6) is -2.53. The summed E-state index contributed by atoms with van der Waals surface area (Å²) >= 11 is 1.31. The first-order chi connectivity index (χ1) is 18.1. The molecule has 5 rings (SSSR count). The molecule has 1 aromatic carbocycles. The third-order valence-electron chi connectivity index (χ3n) is 5.87. The summed E-state index contributed by atoms with van der Waals surface area (Å²) in [5, 5.41) is 11.4. The maximum Gasteiger partial charge on any atom is 0.419 e. The van der Waals surface area contributed by atoms with Crippen LogP contribution in [0.2, 0.25) is 0 Å². The Hall–Kier alpha value is -4.26. The number of anilines is 2. The predicted octanol–water partition coefficient (Wildman–Crippen LogP) is 5.76.